The Hall–Kier alpha value is -1.39. The van der Waals surface area contributed by atoms with Crippen molar-refractivity contribution in [3.8, 4) is 0 Å². The first kappa shape index (κ1) is 13.6. The molecular formula is C10H17NO4. The quantitative estimate of drug-likeness (QED) is 0.480. The van der Waals surface area contributed by atoms with Gasteiger partial charge in [0.15, 0.2) is 0 Å². The van der Waals surface area contributed by atoms with Crippen molar-refractivity contribution in [3.63, 3.8) is 0 Å². The molecule has 5 heteroatoms. The van der Waals surface area contributed by atoms with Crippen molar-refractivity contribution >= 4 is 18.2 Å². The Kier molecular flexibility index (Phi) is 6.33. The minimum atomic E-state index is -1.03. The van der Waals surface area contributed by atoms with Gasteiger partial charge in [0, 0.05) is 12.8 Å². The zero-order chi connectivity index (χ0) is 11.8. The van der Waals surface area contributed by atoms with Gasteiger partial charge in [-0.15, -0.1) is 0 Å². The first-order valence-corrected chi connectivity index (χ1v) is 4.94. The van der Waals surface area contributed by atoms with E-state index in [0.717, 1.165) is 6.29 Å². The molecule has 0 aromatic heterocycles. The van der Waals surface area contributed by atoms with Crippen LogP contribution in [0.1, 0.15) is 33.1 Å². The number of rotatable bonds is 7. The highest BCUT2D eigenvalue weighted by atomic mass is 16.4. The lowest BCUT2D eigenvalue weighted by molar-refractivity contribution is -0.143. The molecule has 0 heterocycles. The number of carbonyl (C=O) groups excluding carboxylic acids is 2. The van der Waals surface area contributed by atoms with Gasteiger partial charge in [-0.2, -0.15) is 0 Å². The van der Waals surface area contributed by atoms with E-state index >= 15 is 0 Å². The summed E-state index contributed by atoms with van der Waals surface area (Å²) >= 11 is 0. The van der Waals surface area contributed by atoms with Crippen LogP contribution in [0.4, 0.5) is 0 Å². The maximum atomic E-state index is 11.2. The number of amides is 1. The van der Waals surface area contributed by atoms with Gasteiger partial charge in [0.1, 0.15) is 12.3 Å². The molecule has 0 aromatic carbocycles. The van der Waals surface area contributed by atoms with Gasteiger partial charge in [-0.1, -0.05) is 13.8 Å². The van der Waals surface area contributed by atoms with Crippen LogP contribution in [0.5, 0.6) is 0 Å². The highest BCUT2D eigenvalue weighted by Gasteiger charge is 2.22. The molecule has 0 saturated carbocycles. The van der Waals surface area contributed by atoms with Gasteiger partial charge in [-0.25, -0.2) is 4.79 Å². The van der Waals surface area contributed by atoms with Crippen LogP contribution in [-0.2, 0) is 14.4 Å². The minimum absolute atomic E-state index is 0.155. The second-order valence-electron chi connectivity index (χ2n) is 3.69. The van der Waals surface area contributed by atoms with Gasteiger partial charge in [-0.3, -0.25) is 4.79 Å². The molecule has 0 aromatic rings. The Balaban J connectivity index is 4.00. The van der Waals surface area contributed by atoms with Crippen molar-refractivity contribution in [2.45, 2.75) is 39.2 Å². The lowest BCUT2D eigenvalue weighted by Gasteiger charge is -2.17. The van der Waals surface area contributed by atoms with Gasteiger partial charge in [-0.05, 0) is 12.3 Å². The third-order valence-corrected chi connectivity index (χ3v) is 1.98. The Bertz CT molecular complexity index is 238. The summed E-state index contributed by atoms with van der Waals surface area (Å²) in [5.74, 6) is -1.51. The van der Waals surface area contributed by atoms with Crippen LogP contribution in [0, 0.1) is 5.92 Å². The molecule has 0 saturated heterocycles. The normalized spacial score (nSPS) is 12.2. The zero-order valence-corrected chi connectivity index (χ0v) is 9.03. The molecule has 15 heavy (non-hydrogen) atoms. The third kappa shape index (κ3) is 5.83. The molecule has 0 rings (SSSR count). The number of nitrogens with one attached hydrogen (secondary N) is 1. The molecule has 1 atom stereocenters. The number of unbranched alkanes of at least 4 members (excludes halogenated alkanes) is 1. The number of carboxylic acid groups (broad SMARTS) is 1. The van der Waals surface area contributed by atoms with Gasteiger partial charge >= 0.3 is 5.97 Å². The molecule has 1 amide bonds. The molecule has 86 valence electrons. The van der Waals surface area contributed by atoms with E-state index in [1.54, 1.807) is 13.8 Å². The highest BCUT2D eigenvalue weighted by molar-refractivity contribution is 5.83. The molecule has 0 aliphatic carbocycles. The maximum Gasteiger partial charge on any atom is 0.326 e. The monoisotopic (exact) mass is 215 g/mol. The number of carboxylic acids is 1. The lowest BCUT2D eigenvalue weighted by Crippen LogP contribution is -2.44. The van der Waals surface area contributed by atoms with E-state index in [1.165, 1.54) is 0 Å². The number of carbonyl (C=O) groups is 3. The highest BCUT2D eigenvalue weighted by Crippen LogP contribution is 2.03. The molecule has 0 bridgehead atoms. The average Bonchev–Trinajstić information content (AvgIpc) is 2.13. The largest absolute Gasteiger partial charge is 0.480 e. The summed E-state index contributed by atoms with van der Waals surface area (Å²) in [6, 6.07) is -0.853. The summed E-state index contributed by atoms with van der Waals surface area (Å²) in [6.07, 6.45) is 1.71. The van der Waals surface area contributed by atoms with E-state index in [9.17, 15) is 14.4 Å². The summed E-state index contributed by atoms with van der Waals surface area (Å²) in [5, 5.41) is 11.2. The smallest absolute Gasteiger partial charge is 0.326 e. The van der Waals surface area contributed by atoms with Gasteiger partial charge in [0.25, 0.3) is 0 Å². The van der Waals surface area contributed by atoms with E-state index < -0.39 is 12.0 Å². The summed E-state index contributed by atoms with van der Waals surface area (Å²) in [5.41, 5.74) is 0. The Morgan fingerprint density at radius 2 is 2.00 bits per heavy atom. The first-order chi connectivity index (χ1) is 6.99. The molecule has 0 aliphatic heterocycles. The number of aliphatic carboxylic acids is 1. The Labute approximate surface area is 88.9 Å². The first-order valence-electron chi connectivity index (χ1n) is 4.94. The van der Waals surface area contributed by atoms with Crippen LogP contribution in [-0.4, -0.2) is 29.3 Å². The van der Waals surface area contributed by atoms with Crippen LogP contribution in [0.3, 0.4) is 0 Å². The van der Waals surface area contributed by atoms with E-state index in [-0.39, 0.29) is 18.2 Å². The zero-order valence-electron chi connectivity index (χ0n) is 9.03. The fraction of sp³-hybridized carbons (Fsp3) is 0.700. The molecule has 0 unspecified atom stereocenters. The van der Waals surface area contributed by atoms with E-state index in [4.69, 9.17) is 5.11 Å². The number of hydrogen-bond acceptors (Lipinski definition) is 3. The van der Waals surface area contributed by atoms with Gasteiger partial charge in [0.05, 0.1) is 0 Å². The van der Waals surface area contributed by atoms with Gasteiger partial charge in [0.2, 0.25) is 5.91 Å². The maximum absolute atomic E-state index is 11.2. The molecule has 0 fully saturated rings. The fourth-order valence-electron chi connectivity index (χ4n) is 1.11. The summed E-state index contributed by atoms with van der Waals surface area (Å²) in [6.45, 7) is 3.45. The summed E-state index contributed by atoms with van der Waals surface area (Å²) in [4.78, 5) is 32.0. The molecule has 0 radical (unpaired) electrons. The van der Waals surface area contributed by atoms with Crippen LogP contribution < -0.4 is 5.32 Å². The SMILES string of the molecule is CC(C)[C@H](NC(=O)CCCC=O)C(=O)O. The number of aldehydes is 1. The van der Waals surface area contributed by atoms with Crippen molar-refractivity contribution in [3.05, 3.63) is 0 Å². The Morgan fingerprint density at radius 3 is 2.40 bits per heavy atom. The van der Waals surface area contributed by atoms with E-state index in [1.807, 2.05) is 0 Å². The average molecular weight is 215 g/mol. The van der Waals surface area contributed by atoms with Crippen LogP contribution in [0.15, 0.2) is 0 Å². The standard InChI is InChI=1S/C10H17NO4/c1-7(2)9(10(14)15)11-8(13)5-3-4-6-12/h6-7,9H,3-5H2,1-2H3,(H,11,13)(H,14,15)/t9-/m0/s1. The molecule has 5 nitrogen and oxygen atoms in total. The molecule has 2 N–H and O–H groups in total. The van der Waals surface area contributed by atoms with Crippen molar-refractivity contribution in [1.82, 2.24) is 5.32 Å². The van der Waals surface area contributed by atoms with E-state index in [2.05, 4.69) is 5.32 Å². The topological polar surface area (TPSA) is 83.5 Å². The van der Waals surface area contributed by atoms with Crippen molar-refractivity contribution in [2.75, 3.05) is 0 Å². The molecule has 0 spiro atoms. The third-order valence-electron chi connectivity index (χ3n) is 1.98. The van der Waals surface area contributed by atoms with Crippen molar-refractivity contribution in [1.29, 1.82) is 0 Å². The van der Waals surface area contributed by atoms with Crippen LogP contribution in [0.25, 0.3) is 0 Å². The minimum Gasteiger partial charge on any atom is -0.480 e. The lowest BCUT2D eigenvalue weighted by atomic mass is 10.0. The predicted molar refractivity (Wildman–Crippen MR) is 54.3 cm³/mol. The molecular weight excluding hydrogens is 198 g/mol. The summed E-state index contributed by atoms with van der Waals surface area (Å²) < 4.78 is 0. The number of hydrogen-bond donors (Lipinski definition) is 2. The van der Waals surface area contributed by atoms with Crippen LogP contribution >= 0.6 is 0 Å². The molecule has 0 aliphatic rings. The fourth-order valence-corrected chi connectivity index (χ4v) is 1.11. The summed E-state index contributed by atoms with van der Waals surface area (Å²) in [7, 11) is 0. The van der Waals surface area contributed by atoms with Crippen molar-refractivity contribution in [2.24, 2.45) is 5.92 Å². The Morgan fingerprint density at radius 1 is 1.40 bits per heavy atom. The second kappa shape index (κ2) is 6.98. The second-order valence-corrected chi connectivity index (χ2v) is 3.69. The van der Waals surface area contributed by atoms with Gasteiger partial charge < -0.3 is 15.2 Å². The predicted octanol–water partition coefficient (Wildman–Crippen LogP) is 0.581. The van der Waals surface area contributed by atoms with Crippen molar-refractivity contribution < 1.29 is 19.5 Å². The van der Waals surface area contributed by atoms with E-state index in [0.29, 0.717) is 12.8 Å². The van der Waals surface area contributed by atoms with Crippen LogP contribution in [0.2, 0.25) is 0 Å².